The first-order valence-corrected chi connectivity index (χ1v) is 4.26. The maximum absolute atomic E-state index is 3.76. The van der Waals surface area contributed by atoms with Crippen LogP contribution in [0.4, 0.5) is 0 Å². The fraction of sp³-hybridized carbons (Fsp3) is 0.400. The molecule has 4 heteroatoms. The van der Waals surface area contributed by atoms with Crippen LogP contribution in [0.25, 0.3) is 0 Å². The minimum absolute atomic E-state index is 0. The van der Waals surface area contributed by atoms with Crippen LogP contribution < -0.4 is 35.4 Å². The summed E-state index contributed by atoms with van der Waals surface area (Å²) in [6.45, 7) is 0.890. The second kappa shape index (κ2) is 12.7. The molecule has 0 saturated carbocycles. The molecule has 0 heterocycles. The van der Waals surface area contributed by atoms with Crippen molar-refractivity contribution >= 4 is 0 Å². The number of halogens is 2. The van der Waals surface area contributed by atoms with Gasteiger partial charge in [-0.15, -0.1) is 0 Å². The summed E-state index contributed by atoms with van der Waals surface area (Å²) in [6, 6.07) is 10.2. The molecule has 0 fully saturated rings. The Kier molecular flexibility index (Phi) is 17.6. The number of nitrogens with one attached hydrogen (secondary N) is 1. The van der Waals surface area contributed by atoms with Crippen LogP contribution in [-0.4, -0.2) is 21.1 Å². The molecule has 84 valence electrons. The molecule has 0 aliphatic heterocycles. The Balaban J connectivity index is -0.000000180. The highest BCUT2D eigenvalue weighted by atomic mass is 35.5. The Bertz CT molecular complexity index is 188. The second-order valence-corrected chi connectivity index (χ2v) is 3.24. The molecular formula is C10H20Cl2N2. The van der Waals surface area contributed by atoms with Gasteiger partial charge in [0.2, 0.25) is 0 Å². The van der Waals surface area contributed by atoms with Crippen molar-refractivity contribution in [2.75, 3.05) is 21.1 Å². The molecule has 0 aliphatic rings. The molecule has 0 aliphatic carbocycles. The van der Waals surface area contributed by atoms with E-state index in [1.807, 2.05) is 18.2 Å². The third kappa shape index (κ3) is 14.3. The zero-order valence-electron chi connectivity index (χ0n) is 9.06. The summed E-state index contributed by atoms with van der Waals surface area (Å²) in [5, 5.41) is 0. The van der Waals surface area contributed by atoms with Crippen molar-refractivity contribution in [2.45, 2.75) is 6.54 Å². The zero-order valence-corrected chi connectivity index (χ0v) is 10.6. The lowest BCUT2D eigenvalue weighted by Gasteiger charge is -1.88. The molecule has 0 spiro atoms. The van der Waals surface area contributed by atoms with Crippen LogP contribution in [0, 0.1) is 0 Å². The lowest BCUT2D eigenvalue weighted by molar-refractivity contribution is -0.836. The van der Waals surface area contributed by atoms with Gasteiger partial charge in [0.1, 0.15) is 0 Å². The van der Waals surface area contributed by atoms with E-state index < -0.39 is 0 Å². The van der Waals surface area contributed by atoms with Gasteiger partial charge >= 0.3 is 0 Å². The lowest BCUT2D eigenvalue weighted by atomic mass is 10.2. The number of hydrogen-bond donors (Lipinski definition) is 2. The molecule has 0 aromatic heterocycles. The summed E-state index contributed by atoms with van der Waals surface area (Å²) in [4.78, 5) is 1.42. The Hall–Kier alpha value is -0.280. The van der Waals surface area contributed by atoms with Crippen molar-refractivity contribution < 1.29 is 35.4 Å². The zero-order chi connectivity index (χ0) is 9.40. The first-order chi connectivity index (χ1) is 5.66. The highest BCUT2D eigenvalue weighted by Gasteiger charge is 1.82. The summed E-state index contributed by atoms with van der Waals surface area (Å²) < 4.78 is 0. The Morgan fingerprint density at radius 1 is 1.00 bits per heavy atom. The van der Waals surface area contributed by atoms with E-state index in [0.29, 0.717) is 0 Å². The first-order valence-electron chi connectivity index (χ1n) is 4.26. The lowest BCUT2D eigenvalue weighted by Crippen LogP contribution is -3.02. The third-order valence-electron chi connectivity index (χ3n) is 1.13. The number of quaternary nitrogens is 2. The molecule has 0 amide bonds. The molecule has 0 unspecified atom stereocenters. The van der Waals surface area contributed by atoms with E-state index in [4.69, 9.17) is 0 Å². The van der Waals surface area contributed by atoms with Gasteiger partial charge in [-0.2, -0.15) is 0 Å². The number of hydrogen-bond acceptors (Lipinski definition) is 0. The quantitative estimate of drug-likeness (QED) is 0.488. The molecule has 0 bridgehead atoms. The summed E-state index contributed by atoms with van der Waals surface area (Å²) in [7, 11) is 6.25. The minimum Gasteiger partial charge on any atom is -1.00 e. The molecule has 1 rings (SSSR count). The van der Waals surface area contributed by atoms with Gasteiger partial charge in [0, 0.05) is 5.56 Å². The molecule has 0 atom stereocenters. The SMILES string of the molecule is C[NH+](C)C.[Cl-].[Cl-].[NH3+]Cc1ccccc1. The molecule has 1 aromatic rings. The highest BCUT2D eigenvalue weighted by molar-refractivity contribution is 5.12. The standard InChI is InChI=1S/C7H9N.C3H9N.2ClH/c8-6-7-4-2-1-3-5-7;1-4(2)3;;/h1-5H,6,8H2;1-3H3;2*1H. The van der Waals surface area contributed by atoms with Crippen molar-refractivity contribution in [1.29, 1.82) is 0 Å². The first kappa shape index (κ1) is 19.3. The third-order valence-corrected chi connectivity index (χ3v) is 1.13. The maximum Gasteiger partial charge on any atom is 0.0997 e. The van der Waals surface area contributed by atoms with Gasteiger partial charge in [-0.05, 0) is 0 Å². The number of benzene rings is 1. The number of rotatable bonds is 1. The molecular weight excluding hydrogens is 219 g/mol. The van der Waals surface area contributed by atoms with Crippen molar-refractivity contribution in [1.82, 2.24) is 0 Å². The maximum atomic E-state index is 3.76. The summed E-state index contributed by atoms with van der Waals surface area (Å²) >= 11 is 0. The van der Waals surface area contributed by atoms with Crippen LogP contribution in [0.2, 0.25) is 0 Å². The monoisotopic (exact) mass is 238 g/mol. The summed E-state index contributed by atoms with van der Waals surface area (Å²) in [6.07, 6.45) is 0. The minimum atomic E-state index is 0. The average molecular weight is 239 g/mol. The predicted octanol–water partition coefficient (Wildman–Crippen LogP) is -6.80. The topological polar surface area (TPSA) is 32.1 Å². The van der Waals surface area contributed by atoms with E-state index in [0.717, 1.165) is 6.54 Å². The van der Waals surface area contributed by atoms with E-state index in [-0.39, 0.29) is 24.8 Å². The van der Waals surface area contributed by atoms with E-state index in [2.05, 4.69) is 39.0 Å². The molecule has 2 nitrogen and oxygen atoms in total. The van der Waals surface area contributed by atoms with Crippen LogP contribution in [0.1, 0.15) is 5.56 Å². The van der Waals surface area contributed by atoms with Crippen molar-refractivity contribution in [2.24, 2.45) is 0 Å². The Morgan fingerprint density at radius 2 is 1.36 bits per heavy atom. The van der Waals surface area contributed by atoms with Gasteiger partial charge in [-0.3, -0.25) is 0 Å². The average Bonchev–Trinajstić information content (AvgIpc) is 2.05. The van der Waals surface area contributed by atoms with E-state index in [1.54, 1.807) is 0 Å². The fourth-order valence-corrected chi connectivity index (χ4v) is 0.645. The summed E-state index contributed by atoms with van der Waals surface area (Å²) in [5.41, 5.74) is 5.05. The van der Waals surface area contributed by atoms with E-state index >= 15 is 0 Å². The van der Waals surface area contributed by atoms with Gasteiger partial charge in [-0.25, -0.2) is 0 Å². The Labute approximate surface area is 99.3 Å². The van der Waals surface area contributed by atoms with Crippen molar-refractivity contribution in [3.05, 3.63) is 35.9 Å². The largest absolute Gasteiger partial charge is 1.00 e. The normalized spacial score (nSPS) is 7.79. The molecule has 0 radical (unpaired) electrons. The van der Waals surface area contributed by atoms with Crippen LogP contribution in [-0.2, 0) is 6.54 Å². The Morgan fingerprint density at radius 3 is 1.57 bits per heavy atom. The van der Waals surface area contributed by atoms with E-state index in [9.17, 15) is 0 Å². The van der Waals surface area contributed by atoms with Gasteiger partial charge in [0.15, 0.2) is 0 Å². The van der Waals surface area contributed by atoms with Crippen LogP contribution >= 0.6 is 0 Å². The molecule has 14 heavy (non-hydrogen) atoms. The van der Waals surface area contributed by atoms with Crippen LogP contribution in [0.5, 0.6) is 0 Å². The highest BCUT2D eigenvalue weighted by Crippen LogP contribution is 1.93. The van der Waals surface area contributed by atoms with Gasteiger partial charge < -0.3 is 35.4 Å². The van der Waals surface area contributed by atoms with Crippen LogP contribution in [0.3, 0.4) is 0 Å². The summed E-state index contributed by atoms with van der Waals surface area (Å²) in [5.74, 6) is 0. The van der Waals surface area contributed by atoms with E-state index in [1.165, 1.54) is 10.5 Å². The molecule has 4 N–H and O–H groups in total. The van der Waals surface area contributed by atoms with Gasteiger partial charge in [-0.1, -0.05) is 30.3 Å². The second-order valence-electron chi connectivity index (χ2n) is 3.24. The smallest absolute Gasteiger partial charge is 0.0997 e. The van der Waals surface area contributed by atoms with Gasteiger partial charge in [0.05, 0.1) is 27.7 Å². The predicted molar refractivity (Wildman–Crippen MR) is 51.8 cm³/mol. The molecule has 0 saturated heterocycles. The molecule has 1 aromatic carbocycles. The van der Waals surface area contributed by atoms with Crippen LogP contribution in [0.15, 0.2) is 30.3 Å². The van der Waals surface area contributed by atoms with Gasteiger partial charge in [0.25, 0.3) is 0 Å². The van der Waals surface area contributed by atoms with Crippen molar-refractivity contribution in [3.63, 3.8) is 0 Å². The van der Waals surface area contributed by atoms with Crippen molar-refractivity contribution in [3.8, 4) is 0 Å². The fourth-order valence-electron chi connectivity index (χ4n) is 0.645.